The zero-order valence-corrected chi connectivity index (χ0v) is 24.4. The van der Waals surface area contributed by atoms with E-state index in [1.54, 1.807) is 6.92 Å². The van der Waals surface area contributed by atoms with Crippen LogP contribution in [-0.4, -0.2) is 36.5 Å². The second kappa shape index (κ2) is 20.7. The van der Waals surface area contributed by atoms with Crippen LogP contribution in [0.25, 0.3) is 0 Å². The minimum atomic E-state index is -4.21. The number of ketones is 1. The maximum atomic E-state index is 12.2. The van der Waals surface area contributed by atoms with Gasteiger partial charge in [0.15, 0.2) is 0 Å². The molecular formula is C29H52NO6P. The zero-order valence-electron chi connectivity index (χ0n) is 23.5. The molecule has 3 atom stereocenters. The van der Waals surface area contributed by atoms with Crippen LogP contribution in [0.2, 0.25) is 0 Å². The van der Waals surface area contributed by atoms with Crippen molar-refractivity contribution in [1.29, 1.82) is 0 Å². The van der Waals surface area contributed by atoms with Crippen molar-refractivity contribution in [2.45, 2.75) is 117 Å². The van der Waals surface area contributed by atoms with Crippen LogP contribution in [0.3, 0.4) is 0 Å². The summed E-state index contributed by atoms with van der Waals surface area (Å²) in [5.41, 5.74) is 6.59. The first-order valence-electron chi connectivity index (χ1n) is 14.4. The third-order valence-corrected chi connectivity index (χ3v) is 7.55. The van der Waals surface area contributed by atoms with Crippen LogP contribution < -0.4 is 10.5 Å². The van der Waals surface area contributed by atoms with Crippen molar-refractivity contribution in [1.82, 2.24) is 0 Å². The maximum absolute atomic E-state index is 12.2. The average Bonchev–Trinajstić information content (AvgIpc) is 2.87. The first-order chi connectivity index (χ1) is 17.8. The zero-order chi connectivity index (χ0) is 27.4. The summed E-state index contributed by atoms with van der Waals surface area (Å²) >= 11 is 0. The van der Waals surface area contributed by atoms with Gasteiger partial charge in [-0.05, 0) is 56.2 Å². The Labute approximate surface area is 225 Å². The van der Waals surface area contributed by atoms with Crippen molar-refractivity contribution in [3.63, 3.8) is 0 Å². The highest BCUT2D eigenvalue weighted by Gasteiger charge is 2.26. The lowest BCUT2D eigenvalue weighted by Gasteiger charge is -2.20. The number of phosphoric acid groups is 1. The van der Waals surface area contributed by atoms with Gasteiger partial charge in [0.2, 0.25) is 0 Å². The van der Waals surface area contributed by atoms with Gasteiger partial charge in [0.1, 0.15) is 11.5 Å². The maximum Gasteiger partial charge on any atom is 0.472 e. The fourth-order valence-electron chi connectivity index (χ4n) is 4.17. The van der Waals surface area contributed by atoms with Gasteiger partial charge < -0.3 is 15.4 Å². The number of ether oxygens (including phenoxy) is 1. The largest absolute Gasteiger partial charge is 0.494 e. The molecule has 0 fully saturated rings. The molecule has 1 aromatic carbocycles. The third-order valence-electron chi connectivity index (χ3n) is 6.44. The minimum absolute atomic E-state index is 0.0134. The van der Waals surface area contributed by atoms with E-state index in [-0.39, 0.29) is 24.9 Å². The van der Waals surface area contributed by atoms with Gasteiger partial charge in [-0.1, -0.05) is 77.3 Å². The van der Waals surface area contributed by atoms with E-state index >= 15 is 0 Å². The molecule has 0 radical (unpaired) electrons. The van der Waals surface area contributed by atoms with Gasteiger partial charge in [-0.3, -0.25) is 13.8 Å². The number of hydrogen-bond acceptors (Lipinski definition) is 6. The Morgan fingerprint density at radius 1 is 0.973 bits per heavy atom. The van der Waals surface area contributed by atoms with Crippen molar-refractivity contribution in [3.8, 4) is 5.75 Å². The molecule has 1 rings (SSSR count). The van der Waals surface area contributed by atoms with Crippen LogP contribution in [0, 0.1) is 5.92 Å². The second-order valence-electron chi connectivity index (χ2n) is 10.1. The number of nitrogens with two attached hydrogens (primary N) is 1. The molecule has 0 aromatic heterocycles. The average molecular weight is 542 g/mol. The molecule has 8 heteroatoms. The van der Waals surface area contributed by atoms with Gasteiger partial charge in [0, 0.05) is 19.4 Å². The van der Waals surface area contributed by atoms with E-state index in [9.17, 15) is 14.3 Å². The van der Waals surface area contributed by atoms with E-state index in [1.807, 2.05) is 31.2 Å². The lowest BCUT2D eigenvalue weighted by molar-refractivity contribution is -0.120. The van der Waals surface area contributed by atoms with Crippen molar-refractivity contribution >= 4 is 13.6 Å². The van der Waals surface area contributed by atoms with Crippen LogP contribution in [0.5, 0.6) is 5.75 Å². The van der Waals surface area contributed by atoms with Crippen molar-refractivity contribution in [3.05, 3.63) is 29.8 Å². The molecule has 0 aliphatic heterocycles. The third kappa shape index (κ3) is 17.8. The van der Waals surface area contributed by atoms with Gasteiger partial charge in [0.05, 0.1) is 19.3 Å². The number of Topliss-reactive ketones (excluding diaryl/α,β-unsaturated/α-hetero) is 1. The highest BCUT2D eigenvalue weighted by atomic mass is 31.2. The number of rotatable bonds is 24. The van der Waals surface area contributed by atoms with E-state index in [0.29, 0.717) is 19.3 Å². The number of hydrogen-bond donors (Lipinski definition) is 2. The molecule has 0 heterocycles. The Bertz CT molecular complexity index is 757. The van der Waals surface area contributed by atoms with Crippen LogP contribution in [0.1, 0.15) is 110 Å². The van der Waals surface area contributed by atoms with E-state index in [0.717, 1.165) is 37.2 Å². The SMILES string of the molecule is CCCCCCCCCCCOc1ccc(CCC(COP(=O)(O)OC(C)CN)CC(=O)CCC)cc1. The summed E-state index contributed by atoms with van der Waals surface area (Å²) in [5.74, 6) is 0.841. The standard InChI is InChI=1S/C29H52NO6P/c1-4-6-7-8-9-10-11-12-13-21-34-29-19-17-26(18-20-29)15-16-27(22-28(31)14-5-2)24-35-37(32,33)36-25(3)23-30/h17-20,25,27H,4-16,21-24,30H2,1-3H3,(H,32,33). The van der Waals surface area contributed by atoms with Crippen LogP contribution in [0.15, 0.2) is 24.3 Å². The van der Waals surface area contributed by atoms with Crippen LogP contribution >= 0.6 is 7.82 Å². The fraction of sp³-hybridized carbons (Fsp3) is 0.759. The molecule has 37 heavy (non-hydrogen) atoms. The summed E-state index contributed by atoms with van der Waals surface area (Å²) in [6.07, 6.45) is 14.1. The molecule has 0 spiro atoms. The molecule has 0 bridgehead atoms. The first-order valence-corrected chi connectivity index (χ1v) is 15.9. The predicted molar refractivity (Wildman–Crippen MR) is 151 cm³/mol. The van der Waals surface area contributed by atoms with E-state index in [2.05, 4.69) is 6.92 Å². The fourth-order valence-corrected chi connectivity index (χ4v) is 5.17. The van der Waals surface area contributed by atoms with Gasteiger partial charge in [-0.15, -0.1) is 0 Å². The van der Waals surface area contributed by atoms with Gasteiger partial charge in [-0.2, -0.15) is 0 Å². The lowest BCUT2D eigenvalue weighted by Crippen LogP contribution is -2.20. The summed E-state index contributed by atoms with van der Waals surface area (Å²) in [6.45, 7) is 6.66. The summed E-state index contributed by atoms with van der Waals surface area (Å²) in [7, 11) is -4.21. The topological polar surface area (TPSA) is 108 Å². The van der Waals surface area contributed by atoms with Crippen LogP contribution in [-0.2, 0) is 24.8 Å². The summed E-state index contributed by atoms with van der Waals surface area (Å²) in [5, 5.41) is 0. The first kappa shape index (κ1) is 33.8. The Kier molecular flexibility index (Phi) is 18.9. The second-order valence-corrected chi connectivity index (χ2v) is 11.5. The highest BCUT2D eigenvalue weighted by molar-refractivity contribution is 7.47. The molecule has 7 nitrogen and oxygen atoms in total. The Balaban J connectivity index is 2.41. The minimum Gasteiger partial charge on any atom is -0.494 e. The summed E-state index contributed by atoms with van der Waals surface area (Å²) in [6, 6.07) is 8.06. The Morgan fingerprint density at radius 3 is 2.19 bits per heavy atom. The van der Waals surface area contributed by atoms with Crippen LogP contribution in [0.4, 0.5) is 0 Å². The Morgan fingerprint density at radius 2 is 1.59 bits per heavy atom. The van der Waals surface area contributed by atoms with Gasteiger partial charge in [-0.25, -0.2) is 4.57 Å². The molecule has 0 aliphatic carbocycles. The van der Waals surface area contributed by atoms with E-state index in [1.165, 1.54) is 51.4 Å². The molecular weight excluding hydrogens is 489 g/mol. The normalized spacial score (nSPS) is 14.7. The number of benzene rings is 1. The molecule has 0 saturated heterocycles. The molecule has 0 amide bonds. The van der Waals surface area contributed by atoms with Gasteiger partial charge >= 0.3 is 7.82 Å². The predicted octanol–water partition coefficient (Wildman–Crippen LogP) is 7.39. The number of carbonyl (C=O) groups is 1. The van der Waals surface area contributed by atoms with E-state index < -0.39 is 13.9 Å². The van der Waals surface area contributed by atoms with Gasteiger partial charge in [0.25, 0.3) is 0 Å². The number of carbonyl (C=O) groups excluding carboxylic acids is 1. The molecule has 1 aromatic rings. The summed E-state index contributed by atoms with van der Waals surface area (Å²) in [4.78, 5) is 22.2. The lowest BCUT2D eigenvalue weighted by atomic mass is 9.94. The quantitative estimate of drug-likeness (QED) is 0.104. The number of phosphoric ester groups is 1. The monoisotopic (exact) mass is 541 g/mol. The van der Waals surface area contributed by atoms with Crippen molar-refractivity contribution in [2.24, 2.45) is 11.7 Å². The number of unbranched alkanes of at least 4 members (excludes halogenated alkanes) is 8. The molecule has 214 valence electrons. The molecule has 3 unspecified atom stereocenters. The number of aryl methyl sites for hydroxylation is 1. The smallest absolute Gasteiger partial charge is 0.472 e. The molecule has 0 aliphatic rings. The highest BCUT2D eigenvalue weighted by Crippen LogP contribution is 2.45. The van der Waals surface area contributed by atoms with Crippen molar-refractivity contribution < 1.29 is 28.0 Å². The summed E-state index contributed by atoms with van der Waals surface area (Å²) < 4.78 is 28.3. The van der Waals surface area contributed by atoms with Crippen molar-refractivity contribution in [2.75, 3.05) is 19.8 Å². The Hall–Kier alpha value is -1.24. The molecule has 0 saturated carbocycles. The van der Waals surface area contributed by atoms with E-state index in [4.69, 9.17) is 19.5 Å². The molecule has 3 N–H and O–H groups in total.